The maximum atomic E-state index is 8.86. The molecule has 1 aromatic heterocycles. The molecule has 1 N–H and O–H groups in total. The molecule has 0 saturated heterocycles. The molecule has 3 aromatic rings. The van der Waals surface area contributed by atoms with Crippen LogP contribution in [0.2, 0.25) is 0 Å². The second kappa shape index (κ2) is 6.02. The van der Waals surface area contributed by atoms with Crippen molar-refractivity contribution in [2.45, 2.75) is 0 Å². The zero-order valence-corrected chi connectivity index (χ0v) is 12.0. The van der Waals surface area contributed by atoms with E-state index < -0.39 is 0 Å². The van der Waals surface area contributed by atoms with E-state index in [4.69, 9.17) is 10.00 Å². The van der Waals surface area contributed by atoms with Crippen molar-refractivity contribution in [2.24, 2.45) is 12.0 Å². The van der Waals surface area contributed by atoms with Gasteiger partial charge in [-0.05, 0) is 24.3 Å². The minimum Gasteiger partial charge on any atom is -0.425 e. The average Bonchev–Trinajstić information content (AvgIpc) is 2.91. The summed E-state index contributed by atoms with van der Waals surface area (Å²) in [4.78, 5) is 3.72. The molecule has 1 heterocycles. The van der Waals surface area contributed by atoms with Crippen molar-refractivity contribution in [2.75, 3.05) is 5.32 Å². The Labute approximate surface area is 128 Å². The molecular weight excluding hydrogens is 276 g/mol. The van der Waals surface area contributed by atoms with Crippen LogP contribution in [0.3, 0.4) is 0 Å². The summed E-state index contributed by atoms with van der Waals surface area (Å²) in [7, 11) is 1.96. The fraction of sp³-hybridized carbons (Fsp3) is 0.0588. The molecule has 0 aliphatic heterocycles. The van der Waals surface area contributed by atoms with Gasteiger partial charge in [0.1, 0.15) is 5.75 Å². The van der Waals surface area contributed by atoms with E-state index >= 15 is 0 Å². The number of aromatic nitrogens is 1. The van der Waals surface area contributed by atoms with E-state index in [1.54, 1.807) is 18.3 Å². The Hall–Kier alpha value is -3.26. The van der Waals surface area contributed by atoms with Crippen LogP contribution in [0, 0.1) is 11.5 Å². The van der Waals surface area contributed by atoms with Crippen molar-refractivity contribution >= 4 is 22.6 Å². The Bertz CT molecular complexity index is 859. The molecular formula is C17H14N4O. The SMILES string of the molecule is Cn1ccc2cccc(N/C(=N/C#N)Oc3ccccc3)c21. The minimum atomic E-state index is 0.141. The maximum Gasteiger partial charge on any atom is 0.310 e. The summed E-state index contributed by atoms with van der Waals surface area (Å²) in [5.74, 6) is 0.614. The predicted octanol–water partition coefficient (Wildman–Crippen LogP) is 3.51. The standard InChI is InChI=1S/C17H14N4O/c1-21-11-10-13-6-5-9-15(16(13)21)20-17(19-12-18)22-14-7-3-2-4-8-14/h2-11H,1H3,(H,19,20). The van der Waals surface area contributed by atoms with Crippen LogP contribution in [0.5, 0.6) is 5.75 Å². The number of aliphatic imine (C=N–C) groups is 1. The van der Waals surface area contributed by atoms with Crippen molar-refractivity contribution < 1.29 is 4.74 Å². The molecule has 0 bridgehead atoms. The molecule has 3 rings (SSSR count). The van der Waals surface area contributed by atoms with E-state index in [0.717, 1.165) is 16.6 Å². The molecule has 0 aliphatic rings. The van der Waals surface area contributed by atoms with Gasteiger partial charge in [0.15, 0.2) is 0 Å². The first-order valence-corrected chi connectivity index (χ1v) is 6.78. The van der Waals surface area contributed by atoms with E-state index in [0.29, 0.717) is 5.75 Å². The number of para-hydroxylation sites is 2. The molecule has 0 fully saturated rings. The van der Waals surface area contributed by atoms with Gasteiger partial charge in [0, 0.05) is 18.6 Å². The Kier molecular flexibility index (Phi) is 3.75. The number of nitrogens with zero attached hydrogens (tertiary/aromatic N) is 3. The van der Waals surface area contributed by atoms with Crippen molar-refractivity contribution in [3.05, 3.63) is 60.8 Å². The van der Waals surface area contributed by atoms with Crippen LogP contribution < -0.4 is 10.1 Å². The van der Waals surface area contributed by atoms with Gasteiger partial charge in [0.05, 0.1) is 11.2 Å². The number of hydrogen-bond donors (Lipinski definition) is 1. The Morgan fingerprint density at radius 3 is 2.73 bits per heavy atom. The van der Waals surface area contributed by atoms with Crippen molar-refractivity contribution in [3.63, 3.8) is 0 Å². The van der Waals surface area contributed by atoms with Crippen LogP contribution in [-0.2, 0) is 7.05 Å². The Balaban J connectivity index is 1.92. The van der Waals surface area contributed by atoms with Crippen LogP contribution >= 0.6 is 0 Å². The van der Waals surface area contributed by atoms with Crippen molar-refractivity contribution in [1.82, 2.24) is 4.57 Å². The van der Waals surface area contributed by atoms with Gasteiger partial charge in [-0.2, -0.15) is 5.26 Å². The molecule has 0 unspecified atom stereocenters. The second-order valence-corrected chi connectivity index (χ2v) is 4.73. The summed E-state index contributed by atoms with van der Waals surface area (Å²) in [6.07, 6.45) is 3.74. The van der Waals surface area contributed by atoms with Crippen molar-refractivity contribution in [1.29, 1.82) is 5.26 Å². The molecule has 0 spiro atoms. The van der Waals surface area contributed by atoms with E-state index in [1.165, 1.54) is 0 Å². The highest BCUT2D eigenvalue weighted by Crippen LogP contribution is 2.24. The molecule has 5 heteroatoms. The molecule has 2 aromatic carbocycles. The number of aryl methyl sites for hydroxylation is 1. The topological polar surface area (TPSA) is 62.3 Å². The molecule has 22 heavy (non-hydrogen) atoms. The summed E-state index contributed by atoms with van der Waals surface area (Å²) < 4.78 is 7.64. The predicted molar refractivity (Wildman–Crippen MR) is 86.7 cm³/mol. The van der Waals surface area contributed by atoms with Gasteiger partial charge in [-0.3, -0.25) is 0 Å². The van der Waals surface area contributed by atoms with E-state index in [-0.39, 0.29) is 6.02 Å². The number of nitrogens with one attached hydrogen (secondary N) is 1. The Morgan fingerprint density at radius 1 is 1.14 bits per heavy atom. The number of hydrogen-bond acceptors (Lipinski definition) is 3. The van der Waals surface area contributed by atoms with Crippen LogP contribution in [0.25, 0.3) is 10.9 Å². The first-order valence-electron chi connectivity index (χ1n) is 6.78. The normalized spacial score (nSPS) is 11.2. The van der Waals surface area contributed by atoms with Gasteiger partial charge in [0.25, 0.3) is 0 Å². The highest BCUT2D eigenvalue weighted by molar-refractivity contribution is 6.01. The zero-order valence-electron chi connectivity index (χ0n) is 12.0. The van der Waals surface area contributed by atoms with E-state index in [2.05, 4.69) is 10.3 Å². The quantitative estimate of drug-likeness (QED) is 0.446. The molecule has 0 amide bonds. The zero-order chi connectivity index (χ0) is 15.4. The smallest absolute Gasteiger partial charge is 0.310 e. The number of fused-ring (bicyclic) bond motifs is 1. The lowest BCUT2D eigenvalue weighted by Gasteiger charge is -2.11. The van der Waals surface area contributed by atoms with Gasteiger partial charge in [-0.25, -0.2) is 0 Å². The van der Waals surface area contributed by atoms with Gasteiger partial charge in [-0.1, -0.05) is 30.3 Å². The van der Waals surface area contributed by atoms with Crippen LogP contribution in [0.1, 0.15) is 0 Å². The summed E-state index contributed by atoms with van der Waals surface area (Å²) >= 11 is 0. The second-order valence-electron chi connectivity index (χ2n) is 4.73. The first-order chi connectivity index (χ1) is 10.8. The molecule has 0 atom stereocenters. The summed E-state index contributed by atoms with van der Waals surface area (Å²) in [5, 5.41) is 13.0. The van der Waals surface area contributed by atoms with Crippen LogP contribution in [-0.4, -0.2) is 10.6 Å². The number of nitriles is 1. The third-order valence-corrected chi connectivity index (χ3v) is 3.25. The number of amidine groups is 1. The van der Waals surface area contributed by atoms with Crippen LogP contribution in [0.15, 0.2) is 65.8 Å². The number of anilines is 1. The molecule has 0 saturated carbocycles. The highest BCUT2D eigenvalue weighted by atomic mass is 16.5. The first kappa shape index (κ1) is 13.7. The summed E-state index contributed by atoms with van der Waals surface area (Å²) in [6.45, 7) is 0. The number of benzene rings is 2. The van der Waals surface area contributed by atoms with Gasteiger partial charge >= 0.3 is 6.02 Å². The Morgan fingerprint density at radius 2 is 1.95 bits per heavy atom. The third-order valence-electron chi connectivity index (χ3n) is 3.25. The lowest BCUT2D eigenvalue weighted by molar-refractivity contribution is 0.549. The van der Waals surface area contributed by atoms with E-state index in [1.807, 2.05) is 60.3 Å². The van der Waals surface area contributed by atoms with Crippen LogP contribution in [0.4, 0.5) is 5.69 Å². The number of ether oxygens (including phenoxy) is 1. The van der Waals surface area contributed by atoms with E-state index in [9.17, 15) is 0 Å². The van der Waals surface area contributed by atoms with Gasteiger partial charge in [0.2, 0.25) is 6.19 Å². The molecule has 0 radical (unpaired) electrons. The molecule has 108 valence electrons. The summed E-state index contributed by atoms with van der Waals surface area (Å²) in [6, 6.07) is 17.3. The molecule has 5 nitrogen and oxygen atoms in total. The third kappa shape index (κ3) is 2.76. The minimum absolute atomic E-state index is 0.141. The average molecular weight is 290 g/mol. The lowest BCUT2D eigenvalue weighted by Crippen LogP contribution is -2.19. The van der Waals surface area contributed by atoms with Crippen molar-refractivity contribution in [3.8, 4) is 11.9 Å². The maximum absolute atomic E-state index is 8.86. The highest BCUT2D eigenvalue weighted by Gasteiger charge is 2.09. The lowest BCUT2D eigenvalue weighted by atomic mass is 10.2. The number of rotatable bonds is 2. The fourth-order valence-electron chi connectivity index (χ4n) is 2.29. The monoisotopic (exact) mass is 290 g/mol. The van der Waals surface area contributed by atoms with Gasteiger partial charge in [-0.15, -0.1) is 4.99 Å². The molecule has 0 aliphatic carbocycles. The summed E-state index contributed by atoms with van der Waals surface area (Å²) in [5.41, 5.74) is 1.85. The fourth-order valence-corrected chi connectivity index (χ4v) is 2.29. The largest absolute Gasteiger partial charge is 0.425 e. The van der Waals surface area contributed by atoms with Gasteiger partial charge < -0.3 is 14.6 Å².